The number of nitrogens with zero attached hydrogens (tertiary/aromatic N) is 1. The number of aromatic nitrogens is 1. The lowest BCUT2D eigenvalue weighted by Crippen LogP contribution is -1.84. The Labute approximate surface area is 90.1 Å². The smallest absolute Gasteiger partial charge is 0.121 e. The van der Waals surface area contributed by atoms with E-state index in [1.54, 1.807) is 7.11 Å². The first-order valence-electron chi connectivity index (χ1n) is 3.89. The molecule has 1 heterocycles. The molecular formula is C10H8INO. The van der Waals surface area contributed by atoms with E-state index >= 15 is 0 Å². The number of methoxy groups -OCH3 is 1. The highest BCUT2D eigenvalue weighted by molar-refractivity contribution is 14.1. The van der Waals surface area contributed by atoms with Gasteiger partial charge in [0.15, 0.2) is 0 Å². The molecule has 0 saturated heterocycles. The molecule has 66 valence electrons. The zero-order valence-corrected chi connectivity index (χ0v) is 9.28. The van der Waals surface area contributed by atoms with Gasteiger partial charge in [0, 0.05) is 21.2 Å². The van der Waals surface area contributed by atoms with Crippen molar-refractivity contribution in [2.24, 2.45) is 0 Å². The Hall–Kier alpha value is -0.840. The van der Waals surface area contributed by atoms with E-state index < -0.39 is 0 Å². The molecule has 2 rings (SSSR count). The second kappa shape index (κ2) is 3.49. The van der Waals surface area contributed by atoms with Gasteiger partial charge in [-0.2, -0.15) is 0 Å². The van der Waals surface area contributed by atoms with Crippen LogP contribution in [0.3, 0.4) is 0 Å². The van der Waals surface area contributed by atoms with Gasteiger partial charge in [-0.3, -0.25) is 4.98 Å². The molecule has 1 aromatic heterocycles. The molecule has 0 bridgehead atoms. The molecule has 0 radical (unpaired) electrons. The Kier molecular flexibility index (Phi) is 2.35. The van der Waals surface area contributed by atoms with E-state index in [2.05, 4.69) is 33.6 Å². The van der Waals surface area contributed by atoms with Crippen LogP contribution in [0.4, 0.5) is 0 Å². The molecule has 1 aromatic carbocycles. The Morgan fingerprint density at radius 3 is 2.92 bits per heavy atom. The van der Waals surface area contributed by atoms with Crippen molar-refractivity contribution in [2.75, 3.05) is 7.11 Å². The van der Waals surface area contributed by atoms with Gasteiger partial charge in [0.2, 0.25) is 0 Å². The largest absolute Gasteiger partial charge is 0.497 e. The molecule has 0 atom stereocenters. The second-order valence-electron chi connectivity index (χ2n) is 2.71. The average molecular weight is 285 g/mol. The first-order valence-corrected chi connectivity index (χ1v) is 4.97. The van der Waals surface area contributed by atoms with Gasteiger partial charge in [-0.15, -0.1) is 0 Å². The quantitative estimate of drug-likeness (QED) is 0.752. The topological polar surface area (TPSA) is 22.1 Å². The summed E-state index contributed by atoms with van der Waals surface area (Å²) in [6.07, 6.45) is 1.85. The SMILES string of the molecule is COc1ccc2cc(I)cnc2c1. The Morgan fingerprint density at radius 1 is 1.31 bits per heavy atom. The van der Waals surface area contributed by atoms with Crippen LogP contribution in [0, 0.1) is 3.57 Å². The third kappa shape index (κ3) is 1.75. The van der Waals surface area contributed by atoms with Gasteiger partial charge in [0.1, 0.15) is 5.75 Å². The summed E-state index contributed by atoms with van der Waals surface area (Å²) in [6, 6.07) is 8.00. The summed E-state index contributed by atoms with van der Waals surface area (Å²) < 4.78 is 6.26. The highest BCUT2D eigenvalue weighted by Crippen LogP contribution is 2.20. The third-order valence-corrected chi connectivity index (χ3v) is 2.45. The molecule has 2 aromatic rings. The summed E-state index contributed by atoms with van der Waals surface area (Å²) in [5, 5.41) is 1.15. The van der Waals surface area contributed by atoms with E-state index in [-0.39, 0.29) is 0 Å². The average Bonchev–Trinajstić information content (AvgIpc) is 2.17. The van der Waals surface area contributed by atoms with Crippen LogP contribution < -0.4 is 4.74 Å². The molecule has 0 saturated carbocycles. The first kappa shape index (κ1) is 8.74. The molecule has 0 aliphatic heterocycles. The second-order valence-corrected chi connectivity index (χ2v) is 3.96. The minimum absolute atomic E-state index is 0.848. The first-order chi connectivity index (χ1) is 6.29. The van der Waals surface area contributed by atoms with E-state index in [9.17, 15) is 0 Å². The molecule has 0 amide bonds. The number of pyridine rings is 1. The zero-order chi connectivity index (χ0) is 9.26. The fourth-order valence-corrected chi connectivity index (χ4v) is 1.68. The summed E-state index contributed by atoms with van der Waals surface area (Å²) in [5.74, 6) is 0.848. The molecule has 0 fully saturated rings. The summed E-state index contributed by atoms with van der Waals surface area (Å²) in [5.41, 5.74) is 0.972. The van der Waals surface area contributed by atoms with Crippen LogP contribution in [-0.4, -0.2) is 12.1 Å². The number of hydrogen-bond donors (Lipinski definition) is 0. The van der Waals surface area contributed by atoms with Crippen molar-refractivity contribution in [2.45, 2.75) is 0 Å². The summed E-state index contributed by atoms with van der Waals surface area (Å²) in [6.45, 7) is 0. The van der Waals surface area contributed by atoms with Crippen molar-refractivity contribution in [3.63, 3.8) is 0 Å². The lowest BCUT2D eigenvalue weighted by atomic mass is 10.2. The predicted molar refractivity (Wildman–Crippen MR) is 61.0 cm³/mol. The fourth-order valence-electron chi connectivity index (χ4n) is 1.20. The normalized spacial score (nSPS) is 10.3. The number of rotatable bonds is 1. The minimum atomic E-state index is 0.848. The molecule has 0 aliphatic carbocycles. The molecule has 0 N–H and O–H groups in total. The van der Waals surface area contributed by atoms with Crippen LogP contribution in [0.5, 0.6) is 5.75 Å². The number of hydrogen-bond acceptors (Lipinski definition) is 2. The van der Waals surface area contributed by atoms with Gasteiger partial charge in [0.25, 0.3) is 0 Å². The molecule has 3 heteroatoms. The van der Waals surface area contributed by atoms with Crippen LogP contribution in [0.1, 0.15) is 0 Å². The molecule has 13 heavy (non-hydrogen) atoms. The third-order valence-electron chi connectivity index (χ3n) is 1.86. The van der Waals surface area contributed by atoms with E-state index in [1.807, 2.05) is 24.4 Å². The van der Waals surface area contributed by atoms with Crippen LogP contribution in [-0.2, 0) is 0 Å². The molecule has 2 nitrogen and oxygen atoms in total. The monoisotopic (exact) mass is 285 g/mol. The van der Waals surface area contributed by atoms with Crippen molar-refractivity contribution in [3.05, 3.63) is 34.0 Å². The minimum Gasteiger partial charge on any atom is -0.497 e. The Morgan fingerprint density at radius 2 is 2.15 bits per heavy atom. The maximum Gasteiger partial charge on any atom is 0.121 e. The summed E-state index contributed by atoms with van der Waals surface area (Å²) >= 11 is 2.25. The van der Waals surface area contributed by atoms with Gasteiger partial charge in [-0.1, -0.05) is 0 Å². The number of fused-ring (bicyclic) bond motifs is 1. The van der Waals surface area contributed by atoms with Gasteiger partial charge in [-0.05, 0) is 40.8 Å². The maximum atomic E-state index is 5.11. The van der Waals surface area contributed by atoms with Crippen molar-refractivity contribution < 1.29 is 4.74 Å². The lowest BCUT2D eigenvalue weighted by molar-refractivity contribution is 0.415. The zero-order valence-electron chi connectivity index (χ0n) is 7.12. The van der Waals surface area contributed by atoms with E-state index in [1.165, 1.54) is 0 Å². The lowest BCUT2D eigenvalue weighted by Gasteiger charge is -2.01. The van der Waals surface area contributed by atoms with Gasteiger partial charge in [0.05, 0.1) is 12.6 Å². The van der Waals surface area contributed by atoms with Gasteiger partial charge >= 0.3 is 0 Å². The summed E-state index contributed by atoms with van der Waals surface area (Å²) in [7, 11) is 1.66. The van der Waals surface area contributed by atoms with Crippen molar-refractivity contribution in [1.29, 1.82) is 0 Å². The molecule has 0 unspecified atom stereocenters. The van der Waals surface area contributed by atoms with Crippen LogP contribution in [0.2, 0.25) is 0 Å². The summed E-state index contributed by atoms with van der Waals surface area (Å²) in [4.78, 5) is 4.30. The number of benzene rings is 1. The highest BCUT2D eigenvalue weighted by Gasteiger charge is 1.97. The van der Waals surface area contributed by atoms with Crippen molar-refractivity contribution in [1.82, 2.24) is 4.98 Å². The van der Waals surface area contributed by atoms with Crippen molar-refractivity contribution >= 4 is 33.5 Å². The molecular weight excluding hydrogens is 277 g/mol. The molecule has 0 aliphatic rings. The van der Waals surface area contributed by atoms with Crippen LogP contribution >= 0.6 is 22.6 Å². The highest BCUT2D eigenvalue weighted by atomic mass is 127. The van der Waals surface area contributed by atoms with E-state index in [0.29, 0.717) is 0 Å². The van der Waals surface area contributed by atoms with Gasteiger partial charge < -0.3 is 4.74 Å². The Balaban J connectivity index is 2.66. The van der Waals surface area contributed by atoms with Crippen molar-refractivity contribution in [3.8, 4) is 5.75 Å². The fraction of sp³-hybridized carbons (Fsp3) is 0.100. The standard InChI is InChI=1S/C10H8INO/c1-13-9-3-2-7-4-8(11)6-12-10(7)5-9/h2-6H,1H3. The predicted octanol–water partition coefficient (Wildman–Crippen LogP) is 2.85. The van der Waals surface area contributed by atoms with Crippen LogP contribution in [0.15, 0.2) is 30.5 Å². The van der Waals surface area contributed by atoms with E-state index in [4.69, 9.17) is 4.74 Å². The maximum absolute atomic E-state index is 5.11. The number of ether oxygens (including phenoxy) is 1. The van der Waals surface area contributed by atoms with Crippen LogP contribution in [0.25, 0.3) is 10.9 Å². The Bertz CT molecular complexity index is 442. The van der Waals surface area contributed by atoms with Gasteiger partial charge in [-0.25, -0.2) is 0 Å². The molecule has 0 spiro atoms. The van der Waals surface area contributed by atoms with E-state index in [0.717, 1.165) is 20.2 Å². The number of halogens is 1.